The summed E-state index contributed by atoms with van der Waals surface area (Å²) in [5, 5.41) is 0. The molecular weight excluding hydrogens is 331 g/mol. The van der Waals surface area contributed by atoms with Gasteiger partial charge in [-0.2, -0.15) is 0 Å². The van der Waals surface area contributed by atoms with Crippen molar-refractivity contribution < 1.29 is 9.31 Å². The lowest BCUT2D eigenvalue weighted by Crippen LogP contribution is -2.41. The monoisotopic (exact) mass is 352 g/mol. The minimum absolute atomic E-state index is 0.354. The van der Waals surface area contributed by atoms with Crippen LogP contribution in [0.15, 0.2) is 28.1 Å². The first-order valence-corrected chi connectivity index (χ1v) is 7.77. The quantitative estimate of drug-likeness (QED) is 0.648. The highest BCUT2D eigenvalue weighted by Gasteiger charge is 2.52. The molecule has 6 heteroatoms. The van der Waals surface area contributed by atoms with Gasteiger partial charge in [0, 0.05) is 16.7 Å². The van der Waals surface area contributed by atoms with Crippen LogP contribution in [0.2, 0.25) is 0 Å². The van der Waals surface area contributed by atoms with Gasteiger partial charge < -0.3 is 20.8 Å². The minimum Gasteiger partial charge on any atom is -0.400 e. The van der Waals surface area contributed by atoms with E-state index in [-0.39, 0.29) is 11.2 Å². The van der Waals surface area contributed by atoms with Gasteiger partial charge in [0.2, 0.25) is 0 Å². The lowest BCUT2D eigenvalue weighted by atomic mass is 9.77. The van der Waals surface area contributed by atoms with E-state index < -0.39 is 7.12 Å². The first-order chi connectivity index (χ1) is 9.66. The van der Waals surface area contributed by atoms with E-state index in [1.165, 1.54) is 0 Å². The second-order valence-corrected chi connectivity index (χ2v) is 7.20. The number of nitrogens with two attached hydrogens (primary N) is 2. The first kappa shape index (κ1) is 16.6. The molecule has 0 saturated carbocycles. The molecule has 0 atom stereocenters. The third-order valence-corrected chi connectivity index (χ3v) is 4.67. The first-order valence-electron chi connectivity index (χ1n) is 6.97. The molecule has 1 aromatic carbocycles. The van der Waals surface area contributed by atoms with Gasteiger partial charge in [0.15, 0.2) is 0 Å². The maximum atomic E-state index is 6.03. The Labute approximate surface area is 135 Å². The summed E-state index contributed by atoms with van der Waals surface area (Å²) in [7, 11) is -0.442. The molecule has 1 aliphatic heterocycles. The van der Waals surface area contributed by atoms with E-state index >= 15 is 0 Å². The molecule has 4 nitrogen and oxygen atoms in total. The fraction of sp³-hybridized carbons (Fsp3) is 0.467. The third kappa shape index (κ3) is 3.34. The van der Waals surface area contributed by atoms with Crippen LogP contribution in [0, 0.1) is 0 Å². The van der Waals surface area contributed by atoms with Crippen molar-refractivity contribution in [3.05, 3.63) is 33.7 Å². The number of rotatable bonds is 3. The molecule has 114 valence electrons. The predicted octanol–water partition coefficient (Wildman–Crippen LogP) is 3.00. The predicted molar refractivity (Wildman–Crippen MR) is 91.7 cm³/mol. The van der Waals surface area contributed by atoms with Gasteiger partial charge in [-0.05, 0) is 50.9 Å². The summed E-state index contributed by atoms with van der Waals surface area (Å²) in [6.07, 6.45) is 1.95. The average molecular weight is 353 g/mol. The zero-order valence-electron chi connectivity index (χ0n) is 12.9. The van der Waals surface area contributed by atoms with Crippen molar-refractivity contribution in [3.63, 3.8) is 0 Å². The summed E-state index contributed by atoms with van der Waals surface area (Å²) in [5.41, 5.74) is 13.6. The lowest BCUT2D eigenvalue weighted by Gasteiger charge is -2.32. The van der Waals surface area contributed by atoms with Crippen LogP contribution in [0.1, 0.15) is 33.3 Å². The van der Waals surface area contributed by atoms with E-state index in [4.69, 9.17) is 20.8 Å². The van der Waals surface area contributed by atoms with Crippen molar-refractivity contribution >= 4 is 34.8 Å². The van der Waals surface area contributed by atoms with E-state index in [0.29, 0.717) is 12.2 Å². The SMILES string of the molecule is CC1(C)OB(C(=Cc2ccc(Br)cc2N)CN)OC1(C)C. The molecule has 1 heterocycles. The number of hydrogen-bond acceptors (Lipinski definition) is 4. The van der Waals surface area contributed by atoms with Gasteiger partial charge >= 0.3 is 7.12 Å². The number of nitrogen functional groups attached to an aromatic ring is 1. The third-order valence-electron chi connectivity index (χ3n) is 4.18. The van der Waals surface area contributed by atoms with E-state index in [1.54, 1.807) is 0 Å². The Kier molecular flexibility index (Phi) is 4.54. The summed E-state index contributed by atoms with van der Waals surface area (Å²) >= 11 is 3.40. The van der Waals surface area contributed by atoms with Crippen molar-refractivity contribution in [2.75, 3.05) is 12.3 Å². The Balaban J connectivity index is 2.31. The zero-order chi connectivity index (χ0) is 15.8. The standard InChI is InChI=1S/C15H22BBrN2O2/c1-14(2)15(3,4)21-16(20-14)11(9-18)7-10-5-6-12(17)8-13(10)19/h5-8H,9,18-19H2,1-4H3. The molecule has 0 aromatic heterocycles. The van der Waals surface area contributed by atoms with Crippen molar-refractivity contribution in [2.45, 2.75) is 38.9 Å². The Morgan fingerprint density at radius 3 is 2.29 bits per heavy atom. The number of hydrogen-bond donors (Lipinski definition) is 2. The molecule has 1 saturated heterocycles. The Morgan fingerprint density at radius 2 is 1.81 bits per heavy atom. The van der Waals surface area contributed by atoms with Crippen LogP contribution in [0.5, 0.6) is 0 Å². The van der Waals surface area contributed by atoms with Crippen LogP contribution in [-0.4, -0.2) is 24.9 Å². The van der Waals surface area contributed by atoms with Crippen molar-refractivity contribution in [2.24, 2.45) is 5.73 Å². The number of benzene rings is 1. The molecule has 2 rings (SSSR count). The van der Waals surface area contributed by atoms with Crippen LogP contribution in [0.3, 0.4) is 0 Å². The molecule has 0 unspecified atom stereocenters. The van der Waals surface area contributed by atoms with Gasteiger partial charge in [0.25, 0.3) is 0 Å². The lowest BCUT2D eigenvalue weighted by molar-refractivity contribution is 0.00578. The van der Waals surface area contributed by atoms with E-state index in [0.717, 1.165) is 15.5 Å². The highest BCUT2D eigenvalue weighted by Crippen LogP contribution is 2.38. The number of halogens is 1. The maximum absolute atomic E-state index is 6.03. The molecule has 0 aliphatic carbocycles. The van der Waals surface area contributed by atoms with E-state index in [2.05, 4.69) is 15.9 Å². The van der Waals surface area contributed by atoms with Crippen LogP contribution in [0.25, 0.3) is 6.08 Å². The largest absolute Gasteiger partial charge is 0.491 e. The van der Waals surface area contributed by atoms with Gasteiger partial charge in [0.1, 0.15) is 0 Å². The molecule has 0 spiro atoms. The minimum atomic E-state index is -0.442. The second kappa shape index (κ2) is 5.76. The van der Waals surface area contributed by atoms with Gasteiger partial charge in [-0.15, -0.1) is 0 Å². The summed E-state index contributed by atoms with van der Waals surface area (Å²) in [6.45, 7) is 8.45. The molecule has 0 radical (unpaired) electrons. The smallest absolute Gasteiger partial charge is 0.400 e. The summed E-state index contributed by atoms with van der Waals surface area (Å²) in [6, 6.07) is 5.76. The van der Waals surface area contributed by atoms with Crippen LogP contribution in [0.4, 0.5) is 5.69 Å². The van der Waals surface area contributed by atoms with E-state index in [9.17, 15) is 0 Å². The van der Waals surface area contributed by atoms with E-state index in [1.807, 2.05) is 52.0 Å². The van der Waals surface area contributed by atoms with Gasteiger partial charge in [-0.1, -0.05) is 28.1 Å². The zero-order valence-corrected chi connectivity index (χ0v) is 14.5. The number of anilines is 1. The maximum Gasteiger partial charge on any atom is 0.491 e. The van der Waals surface area contributed by atoms with Crippen LogP contribution in [-0.2, 0) is 9.31 Å². The van der Waals surface area contributed by atoms with Crippen LogP contribution >= 0.6 is 15.9 Å². The van der Waals surface area contributed by atoms with Crippen LogP contribution < -0.4 is 11.5 Å². The fourth-order valence-corrected chi connectivity index (χ4v) is 2.47. The molecular formula is C15H22BBrN2O2. The summed E-state index contributed by atoms with van der Waals surface area (Å²) < 4.78 is 13.0. The average Bonchev–Trinajstić information content (AvgIpc) is 2.57. The Morgan fingerprint density at radius 1 is 1.24 bits per heavy atom. The highest BCUT2D eigenvalue weighted by molar-refractivity contribution is 9.10. The molecule has 0 bridgehead atoms. The van der Waals surface area contributed by atoms with Gasteiger partial charge in [0.05, 0.1) is 11.2 Å². The summed E-state index contributed by atoms with van der Waals surface area (Å²) in [5.74, 6) is 0. The molecule has 21 heavy (non-hydrogen) atoms. The van der Waals surface area contributed by atoms with Gasteiger partial charge in [-0.25, -0.2) is 0 Å². The molecule has 0 amide bonds. The van der Waals surface area contributed by atoms with Crippen molar-refractivity contribution in [1.29, 1.82) is 0 Å². The van der Waals surface area contributed by atoms with Crippen molar-refractivity contribution in [1.82, 2.24) is 0 Å². The summed E-state index contributed by atoms with van der Waals surface area (Å²) in [4.78, 5) is 0. The normalized spacial score (nSPS) is 20.9. The Bertz CT molecular complexity index is 557. The molecule has 4 N–H and O–H groups in total. The van der Waals surface area contributed by atoms with Gasteiger partial charge in [-0.3, -0.25) is 0 Å². The molecule has 1 fully saturated rings. The molecule has 1 aliphatic rings. The second-order valence-electron chi connectivity index (χ2n) is 6.28. The Hall–Kier alpha value is -0.815. The van der Waals surface area contributed by atoms with Crippen molar-refractivity contribution in [3.8, 4) is 0 Å². The molecule has 1 aromatic rings. The highest BCUT2D eigenvalue weighted by atomic mass is 79.9. The topological polar surface area (TPSA) is 70.5 Å². The fourth-order valence-electron chi connectivity index (χ4n) is 2.09.